The highest BCUT2D eigenvalue weighted by molar-refractivity contribution is 5.93. The lowest BCUT2D eigenvalue weighted by Gasteiger charge is -2.41. The van der Waals surface area contributed by atoms with E-state index in [0.29, 0.717) is 17.5 Å². The van der Waals surface area contributed by atoms with Gasteiger partial charge in [-0.25, -0.2) is 4.39 Å². The molecule has 2 aromatic carbocycles. The fraction of sp³-hybridized carbons (Fsp3) is 0.429. The summed E-state index contributed by atoms with van der Waals surface area (Å²) in [5.41, 5.74) is 5.47. The van der Waals surface area contributed by atoms with E-state index in [1.165, 1.54) is 12.2 Å². The van der Waals surface area contributed by atoms with Crippen LogP contribution in [0.3, 0.4) is 0 Å². The lowest BCUT2D eigenvalue weighted by atomic mass is 9.71. The third-order valence-electron chi connectivity index (χ3n) is 6.90. The van der Waals surface area contributed by atoms with Gasteiger partial charge in [0.25, 0.3) is 0 Å². The number of nitrogens with two attached hydrogens (primary N) is 1. The second kappa shape index (κ2) is 10.8. The maximum absolute atomic E-state index is 13.8. The molecule has 0 unspecified atom stereocenters. The van der Waals surface area contributed by atoms with Crippen molar-refractivity contribution in [1.82, 2.24) is 4.90 Å². The van der Waals surface area contributed by atoms with Crippen LogP contribution in [0.25, 0.3) is 6.08 Å². The zero-order chi connectivity index (χ0) is 26.7. The standard InChI is InChI=1S/C28H32F4N2O2/c1-27(2,3)21-9-11-24(12-10-21)34(17-18-4-7-20(8-5-18)26(33)36)25(35)13-6-19-14-22(28(30,31)32)16-23(29)15-19/h4-8,13-16,21,24H,9-12,17H2,1-3H3,(H2,33,36)/b13-6+. The van der Waals surface area contributed by atoms with Gasteiger partial charge in [0.1, 0.15) is 5.82 Å². The number of benzene rings is 2. The monoisotopic (exact) mass is 504 g/mol. The maximum Gasteiger partial charge on any atom is 0.416 e. The molecule has 2 N–H and O–H groups in total. The Hall–Kier alpha value is -3.16. The number of hydrogen-bond donors (Lipinski definition) is 1. The zero-order valence-electron chi connectivity index (χ0n) is 20.7. The average Bonchev–Trinajstić information content (AvgIpc) is 2.80. The Morgan fingerprint density at radius 2 is 1.61 bits per heavy atom. The Morgan fingerprint density at radius 1 is 1.00 bits per heavy atom. The Labute approximate surface area is 209 Å². The summed E-state index contributed by atoms with van der Waals surface area (Å²) in [5, 5.41) is 0. The number of halogens is 4. The molecule has 0 aromatic heterocycles. The minimum atomic E-state index is -4.69. The van der Waals surface area contributed by atoms with Crippen LogP contribution in [0.5, 0.6) is 0 Å². The largest absolute Gasteiger partial charge is 0.416 e. The van der Waals surface area contributed by atoms with Crippen molar-refractivity contribution in [2.45, 2.75) is 65.2 Å². The second-order valence-electron chi connectivity index (χ2n) is 10.5. The maximum atomic E-state index is 13.8. The van der Waals surface area contributed by atoms with Crippen molar-refractivity contribution in [2.24, 2.45) is 17.1 Å². The Bertz CT molecular complexity index is 1110. The van der Waals surface area contributed by atoms with Crippen LogP contribution < -0.4 is 5.73 Å². The highest BCUT2D eigenvalue weighted by atomic mass is 19.4. The summed E-state index contributed by atoms with van der Waals surface area (Å²) in [7, 11) is 0. The number of carbonyl (C=O) groups excluding carboxylic acids is 2. The Kier molecular flexibility index (Phi) is 8.26. The first kappa shape index (κ1) is 27.4. The highest BCUT2D eigenvalue weighted by Gasteiger charge is 2.33. The van der Waals surface area contributed by atoms with E-state index < -0.39 is 23.5 Å². The summed E-state index contributed by atoms with van der Waals surface area (Å²) >= 11 is 0. The van der Waals surface area contributed by atoms with Crippen LogP contribution in [0.2, 0.25) is 0 Å². The van der Waals surface area contributed by atoms with E-state index in [2.05, 4.69) is 20.8 Å². The molecule has 1 fully saturated rings. The topological polar surface area (TPSA) is 63.4 Å². The van der Waals surface area contributed by atoms with Crippen LogP contribution in [0.1, 0.15) is 73.5 Å². The van der Waals surface area contributed by atoms with Crippen LogP contribution >= 0.6 is 0 Å². The lowest BCUT2D eigenvalue weighted by Crippen LogP contribution is -2.42. The molecule has 2 aromatic rings. The molecule has 1 aliphatic rings. The molecule has 8 heteroatoms. The van der Waals surface area contributed by atoms with E-state index in [1.807, 2.05) is 0 Å². The van der Waals surface area contributed by atoms with Crippen LogP contribution in [0, 0.1) is 17.2 Å². The van der Waals surface area contributed by atoms with Gasteiger partial charge in [-0.2, -0.15) is 13.2 Å². The predicted octanol–water partition coefficient (Wildman–Crippen LogP) is 6.59. The molecule has 1 aliphatic carbocycles. The van der Waals surface area contributed by atoms with Gasteiger partial charge in [-0.3, -0.25) is 9.59 Å². The first-order valence-corrected chi connectivity index (χ1v) is 12.0. The molecule has 0 spiro atoms. The molecule has 36 heavy (non-hydrogen) atoms. The van der Waals surface area contributed by atoms with Gasteiger partial charge in [0.15, 0.2) is 0 Å². The van der Waals surface area contributed by atoms with Gasteiger partial charge in [-0.1, -0.05) is 32.9 Å². The molecular formula is C28H32F4N2O2. The molecular weight excluding hydrogens is 472 g/mol. The van der Waals surface area contributed by atoms with E-state index >= 15 is 0 Å². The van der Waals surface area contributed by atoms with Gasteiger partial charge >= 0.3 is 6.18 Å². The SMILES string of the molecule is CC(C)(C)C1CCC(N(Cc2ccc(C(N)=O)cc2)C(=O)/C=C/c2cc(F)cc(C(F)(F)F)c2)CC1. The molecule has 4 nitrogen and oxygen atoms in total. The third kappa shape index (κ3) is 7.18. The molecule has 1 saturated carbocycles. The number of alkyl halides is 3. The summed E-state index contributed by atoms with van der Waals surface area (Å²) in [6.45, 7) is 6.89. The molecule has 0 saturated heterocycles. The van der Waals surface area contributed by atoms with E-state index in [1.54, 1.807) is 29.2 Å². The third-order valence-corrected chi connectivity index (χ3v) is 6.90. The normalized spacial score (nSPS) is 18.9. The highest BCUT2D eigenvalue weighted by Crippen LogP contribution is 2.39. The number of hydrogen-bond acceptors (Lipinski definition) is 2. The molecule has 0 radical (unpaired) electrons. The molecule has 0 bridgehead atoms. The summed E-state index contributed by atoms with van der Waals surface area (Å²) in [4.78, 5) is 26.4. The van der Waals surface area contributed by atoms with Crippen LogP contribution in [-0.2, 0) is 17.5 Å². The Morgan fingerprint density at radius 3 is 2.14 bits per heavy atom. The van der Waals surface area contributed by atoms with E-state index in [9.17, 15) is 27.2 Å². The summed E-state index contributed by atoms with van der Waals surface area (Å²) < 4.78 is 53.0. The van der Waals surface area contributed by atoms with Crippen molar-refractivity contribution in [1.29, 1.82) is 0 Å². The lowest BCUT2D eigenvalue weighted by molar-refractivity contribution is -0.137. The number of nitrogens with zero attached hydrogens (tertiary/aromatic N) is 1. The van der Waals surface area contributed by atoms with Crippen LogP contribution in [-0.4, -0.2) is 22.8 Å². The summed E-state index contributed by atoms with van der Waals surface area (Å²) in [5.74, 6) is -1.41. The van der Waals surface area contributed by atoms with Crippen molar-refractivity contribution in [3.63, 3.8) is 0 Å². The molecule has 3 rings (SSSR count). The van der Waals surface area contributed by atoms with Crippen molar-refractivity contribution >= 4 is 17.9 Å². The quantitative estimate of drug-likeness (QED) is 0.356. The van der Waals surface area contributed by atoms with Gasteiger partial charge in [0.2, 0.25) is 11.8 Å². The van der Waals surface area contributed by atoms with Crippen molar-refractivity contribution in [2.75, 3.05) is 0 Å². The smallest absolute Gasteiger partial charge is 0.366 e. The van der Waals surface area contributed by atoms with Crippen molar-refractivity contribution in [3.8, 4) is 0 Å². The van der Waals surface area contributed by atoms with Crippen molar-refractivity contribution < 1.29 is 27.2 Å². The Balaban J connectivity index is 1.84. The van der Waals surface area contributed by atoms with Gasteiger partial charge < -0.3 is 10.6 Å². The first-order chi connectivity index (χ1) is 16.7. The first-order valence-electron chi connectivity index (χ1n) is 12.0. The van der Waals surface area contributed by atoms with Crippen molar-refractivity contribution in [3.05, 3.63) is 76.6 Å². The fourth-order valence-corrected chi connectivity index (χ4v) is 4.75. The molecule has 0 atom stereocenters. The minimum absolute atomic E-state index is 0.0436. The van der Waals surface area contributed by atoms with Gasteiger partial charge in [-0.15, -0.1) is 0 Å². The molecule has 2 amide bonds. The molecule has 0 heterocycles. The number of primary amides is 1. The molecule has 194 valence electrons. The summed E-state index contributed by atoms with van der Waals surface area (Å²) in [6.07, 6.45) is 1.25. The number of amides is 2. The van der Waals surface area contributed by atoms with Crippen LogP contribution in [0.15, 0.2) is 48.5 Å². The average molecular weight is 505 g/mol. The predicted molar refractivity (Wildman–Crippen MR) is 131 cm³/mol. The zero-order valence-corrected chi connectivity index (χ0v) is 20.7. The minimum Gasteiger partial charge on any atom is -0.366 e. The second-order valence-corrected chi connectivity index (χ2v) is 10.5. The van der Waals surface area contributed by atoms with E-state index in [4.69, 9.17) is 5.73 Å². The van der Waals surface area contributed by atoms with Crippen LogP contribution in [0.4, 0.5) is 17.6 Å². The molecule has 0 aliphatic heterocycles. The van der Waals surface area contributed by atoms with Gasteiger partial charge in [0.05, 0.1) is 5.56 Å². The number of carbonyl (C=O) groups is 2. The van der Waals surface area contributed by atoms with Gasteiger partial charge in [-0.05, 0) is 84.6 Å². The summed E-state index contributed by atoms with van der Waals surface area (Å²) in [6, 6.07) is 8.80. The fourth-order valence-electron chi connectivity index (χ4n) is 4.75. The number of rotatable bonds is 6. The van der Waals surface area contributed by atoms with E-state index in [0.717, 1.165) is 43.4 Å². The van der Waals surface area contributed by atoms with Gasteiger partial charge in [0, 0.05) is 24.2 Å². The van der Waals surface area contributed by atoms with E-state index in [-0.39, 0.29) is 29.5 Å².